The maximum Gasteiger partial charge on any atom is 0.313 e. The van der Waals surface area contributed by atoms with Gasteiger partial charge in [-0.05, 0) is 13.3 Å². The van der Waals surface area contributed by atoms with Gasteiger partial charge in [-0.15, -0.1) is 0 Å². The molecule has 0 aliphatic heterocycles. The zero-order valence-electron chi connectivity index (χ0n) is 7.50. The first-order valence-corrected chi connectivity index (χ1v) is 3.90. The Balaban J connectivity index is 3.53. The van der Waals surface area contributed by atoms with Crippen LogP contribution in [0.25, 0.3) is 0 Å². The number of hydrogen-bond acceptors (Lipinski definition) is 3. The van der Waals surface area contributed by atoms with Crippen molar-refractivity contribution in [1.29, 1.82) is 0 Å². The number of allylic oxidation sites excluding steroid dienone is 2. The number of carbonyl (C=O) groups is 2. The molecule has 0 aliphatic rings. The van der Waals surface area contributed by atoms with E-state index in [1.807, 2.05) is 19.1 Å². The number of ketones is 1. The summed E-state index contributed by atoms with van der Waals surface area (Å²) in [6.07, 6.45) is 4.79. The Morgan fingerprint density at radius 2 is 2.08 bits per heavy atom. The van der Waals surface area contributed by atoms with Crippen molar-refractivity contribution in [3.05, 3.63) is 12.2 Å². The third-order valence-corrected chi connectivity index (χ3v) is 1.39. The lowest BCUT2D eigenvalue weighted by Crippen LogP contribution is -2.08. The van der Waals surface area contributed by atoms with Crippen molar-refractivity contribution in [2.75, 3.05) is 7.11 Å². The van der Waals surface area contributed by atoms with Gasteiger partial charge in [0, 0.05) is 6.42 Å². The molecule has 3 heteroatoms. The highest BCUT2D eigenvalue weighted by molar-refractivity contribution is 5.95. The molecule has 0 amide bonds. The van der Waals surface area contributed by atoms with E-state index in [4.69, 9.17) is 0 Å². The van der Waals surface area contributed by atoms with Crippen LogP contribution in [0.5, 0.6) is 0 Å². The molecule has 0 spiro atoms. The quantitative estimate of drug-likeness (QED) is 0.356. The van der Waals surface area contributed by atoms with E-state index < -0.39 is 5.97 Å². The summed E-state index contributed by atoms with van der Waals surface area (Å²) in [6, 6.07) is 0. The molecule has 12 heavy (non-hydrogen) atoms. The fraction of sp³-hybridized carbons (Fsp3) is 0.556. The van der Waals surface area contributed by atoms with E-state index >= 15 is 0 Å². The first-order chi connectivity index (χ1) is 5.70. The van der Waals surface area contributed by atoms with Gasteiger partial charge in [0.2, 0.25) is 0 Å². The van der Waals surface area contributed by atoms with Crippen LogP contribution in [-0.2, 0) is 14.3 Å². The molecule has 0 aromatic rings. The van der Waals surface area contributed by atoms with Crippen molar-refractivity contribution in [2.24, 2.45) is 0 Å². The molecule has 0 atom stereocenters. The van der Waals surface area contributed by atoms with Crippen molar-refractivity contribution in [3.63, 3.8) is 0 Å². The predicted octanol–water partition coefficient (Wildman–Crippen LogP) is 1.47. The molecule has 0 aromatic carbocycles. The topological polar surface area (TPSA) is 43.4 Å². The highest BCUT2D eigenvalue weighted by atomic mass is 16.5. The maximum atomic E-state index is 11.0. The van der Waals surface area contributed by atoms with Crippen LogP contribution >= 0.6 is 0 Å². The number of rotatable bonds is 5. The second kappa shape index (κ2) is 6.58. The monoisotopic (exact) mass is 170 g/mol. The summed E-state index contributed by atoms with van der Waals surface area (Å²) in [6.45, 7) is 1.89. The van der Waals surface area contributed by atoms with Crippen LogP contribution < -0.4 is 0 Å². The molecule has 3 nitrogen and oxygen atoms in total. The molecule has 0 heterocycles. The Labute approximate surface area is 72.4 Å². The fourth-order valence-corrected chi connectivity index (χ4v) is 0.733. The molecule has 0 aliphatic carbocycles. The van der Waals surface area contributed by atoms with Crippen molar-refractivity contribution in [1.82, 2.24) is 0 Å². The molecule has 0 aromatic heterocycles. The van der Waals surface area contributed by atoms with E-state index in [0.717, 1.165) is 0 Å². The summed E-state index contributed by atoms with van der Waals surface area (Å²) in [5, 5.41) is 0. The normalized spacial score (nSPS) is 10.2. The van der Waals surface area contributed by atoms with Gasteiger partial charge in [0.1, 0.15) is 12.2 Å². The fourth-order valence-electron chi connectivity index (χ4n) is 0.733. The SMILES string of the molecule is C/C=C/CCC(=O)CC(=O)OC. The summed E-state index contributed by atoms with van der Waals surface area (Å²) in [5.74, 6) is -0.527. The highest BCUT2D eigenvalue weighted by Crippen LogP contribution is 1.97. The van der Waals surface area contributed by atoms with Crippen molar-refractivity contribution >= 4 is 11.8 Å². The van der Waals surface area contributed by atoms with Gasteiger partial charge < -0.3 is 4.74 Å². The minimum Gasteiger partial charge on any atom is -0.469 e. The number of carbonyl (C=O) groups excluding carboxylic acids is 2. The Morgan fingerprint density at radius 3 is 2.58 bits per heavy atom. The van der Waals surface area contributed by atoms with Crippen molar-refractivity contribution in [3.8, 4) is 0 Å². The van der Waals surface area contributed by atoms with E-state index in [9.17, 15) is 9.59 Å². The molecule has 0 N–H and O–H groups in total. The van der Waals surface area contributed by atoms with Crippen LogP contribution in [0.1, 0.15) is 26.2 Å². The summed E-state index contributed by atoms with van der Waals surface area (Å²) in [7, 11) is 1.28. The third kappa shape index (κ3) is 5.65. The lowest BCUT2D eigenvalue weighted by molar-refractivity contribution is -0.143. The number of Topliss-reactive ketones (excluding diaryl/α,β-unsaturated/α-hetero) is 1. The van der Waals surface area contributed by atoms with Gasteiger partial charge in [0.25, 0.3) is 0 Å². The van der Waals surface area contributed by atoms with E-state index in [0.29, 0.717) is 12.8 Å². The van der Waals surface area contributed by atoms with Gasteiger partial charge in [-0.25, -0.2) is 0 Å². The minimum atomic E-state index is -0.458. The lowest BCUT2D eigenvalue weighted by Gasteiger charge is -1.96. The number of esters is 1. The van der Waals surface area contributed by atoms with Crippen molar-refractivity contribution in [2.45, 2.75) is 26.2 Å². The average Bonchev–Trinajstić information content (AvgIpc) is 2.05. The van der Waals surface area contributed by atoms with Crippen LogP contribution in [0.2, 0.25) is 0 Å². The Bertz CT molecular complexity index is 182. The molecule has 0 saturated carbocycles. The second-order valence-electron chi connectivity index (χ2n) is 2.40. The molecular weight excluding hydrogens is 156 g/mol. The summed E-state index contributed by atoms with van der Waals surface area (Å²) in [4.78, 5) is 21.5. The van der Waals surface area contributed by atoms with E-state index in [1.54, 1.807) is 0 Å². The second-order valence-corrected chi connectivity index (χ2v) is 2.40. The molecule has 0 rings (SSSR count). The van der Waals surface area contributed by atoms with Gasteiger partial charge in [-0.2, -0.15) is 0 Å². The summed E-state index contributed by atoms with van der Waals surface area (Å²) in [5.41, 5.74) is 0. The zero-order valence-corrected chi connectivity index (χ0v) is 7.50. The summed E-state index contributed by atoms with van der Waals surface area (Å²) < 4.78 is 4.35. The van der Waals surface area contributed by atoms with E-state index in [2.05, 4.69) is 4.74 Å². The first-order valence-electron chi connectivity index (χ1n) is 3.90. The largest absolute Gasteiger partial charge is 0.469 e. The minimum absolute atomic E-state index is 0.0695. The van der Waals surface area contributed by atoms with Crippen LogP contribution in [0.4, 0.5) is 0 Å². The maximum absolute atomic E-state index is 11.0. The van der Waals surface area contributed by atoms with Gasteiger partial charge in [0.15, 0.2) is 0 Å². The smallest absolute Gasteiger partial charge is 0.313 e. The molecule has 0 fully saturated rings. The Morgan fingerprint density at radius 1 is 1.42 bits per heavy atom. The predicted molar refractivity (Wildman–Crippen MR) is 45.7 cm³/mol. The van der Waals surface area contributed by atoms with Gasteiger partial charge in [-0.3, -0.25) is 9.59 Å². The van der Waals surface area contributed by atoms with Crippen LogP contribution in [0.3, 0.4) is 0 Å². The van der Waals surface area contributed by atoms with E-state index in [1.165, 1.54) is 7.11 Å². The lowest BCUT2D eigenvalue weighted by atomic mass is 10.1. The zero-order chi connectivity index (χ0) is 9.40. The highest BCUT2D eigenvalue weighted by Gasteiger charge is 2.07. The molecular formula is C9H14O3. The Hall–Kier alpha value is -1.12. The van der Waals surface area contributed by atoms with Gasteiger partial charge in [-0.1, -0.05) is 12.2 Å². The van der Waals surface area contributed by atoms with Crippen LogP contribution in [0, 0.1) is 0 Å². The van der Waals surface area contributed by atoms with Gasteiger partial charge in [0.05, 0.1) is 7.11 Å². The molecule has 0 unspecified atom stereocenters. The number of ether oxygens (including phenoxy) is 1. The molecule has 0 radical (unpaired) electrons. The molecule has 68 valence electrons. The standard InChI is InChI=1S/C9H14O3/c1-3-4-5-6-8(10)7-9(11)12-2/h3-4H,5-7H2,1-2H3/b4-3+. The molecule has 0 bridgehead atoms. The average molecular weight is 170 g/mol. The number of hydrogen-bond donors (Lipinski definition) is 0. The van der Waals surface area contributed by atoms with Gasteiger partial charge >= 0.3 is 5.97 Å². The summed E-state index contributed by atoms with van der Waals surface area (Å²) >= 11 is 0. The number of methoxy groups -OCH3 is 1. The molecule has 0 saturated heterocycles. The van der Waals surface area contributed by atoms with Crippen molar-refractivity contribution < 1.29 is 14.3 Å². The van der Waals surface area contributed by atoms with E-state index in [-0.39, 0.29) is 12.2 Å². The van der Waals surface area contributed by atoms with Crippen LogP contribution in [0.15, 0.2) is 12.2 Å². The van der Waals surface area contributed by atoms with Crippen LogP contribution in [-0.4, -0.2) is 18.9 Å². The first kappa shape index (κ1) is 10.9. The Kier molecular flexibility index (Phi) is 5.97. The third-order valence-electron chi connectivity index (χ3n) is 1.39.